The predicted octanol–water partition coefficient (Wildman–Crippen LogP) is 2.32. The lowest BCUT2D eigenvalue weighted by Crippen LogP contribution is -2.07. The normalized spacial score (nSPS) is 10.1. The molecule has 4 heteroatoms. The Morgan fingerprint density at radius 1 is 1.25 bits per heavy atom. The molecule has 1 aromatic heterocycles. The molecule has 1 rings (SSSR count). The van der Waals surface area contributed by atoms with Crippen LogP contribution in [0.3, 0.4) is 0 Å². The first-order valence-corrected chi connectivity index (χ1v) is 5.70. The molecule has 90 valence electrons. The molecule has 0 amide bonds. The molecule has 0 aromatic carbocycles. The van der Waals surface area contributed by atoms with Gasteiger partial charge in [-0.1, -0.05) is 13.3 Å². The number of ether oxygens (including phenoxy) is 2. The van der Waals surface area contributed by atoms with Crippen molar-refractivity contribution in [2.45, 2.75) is 19.8 Å². The first-order chi connectivity index (χ1) is 7.86. The molecule has 0 unspecified atom stereocenters. The lowest BCUT2D eigenvalue weighted by molar-refractivity contribution is 0.0979. The van der Waals surface area contributed by atoms with Crippen LogP contribution >= 0.6 is 0 Å². The van der Waals surface area contributed by atoms with Crippen LogP contribution in [-0.4, -0.2) is 31.9 Å². The summed E-state index contributed by atoms with van der Waals surface area (Å²) in [6.07, 6.45) is 5.73. The van der Waals surface area contributed by atoms with Crippen molar-refractivity contribution in [3.05, 3.63) is 18.5 Å². The average Bonchev–Trinajstić information content (AvgIpc) is 2.34. The third-order valence-electron chi connectivity index (χ3n) is 2.14. The van der Waals surface area contributed by atoms with Crippen molar-refractivity contribution in [1.82, 2.24) is 4.98 Å². The molecule has 0 saturated carbocycles. The Morgan fingerprint density at radius 2 is 2.12 bits per heavy atom. The number of pyridine rings is 1. The maximum atomic E-state index is 5.50. The van der Waals surface area contributed by atoms with Crippen LogP contribution < -0.4 is 10.1 Å². The van der Waals surface area contributed by atoms with E-state index in [9.17, 15) is 0 Å². The summed E-state index contributed by atoms with van der Waals surface area (Å²) in [5.41, 5.74) is 0.949. The highest BCUT2D eigenvalue weighted by Crippen LogP contribution is 2.14. The smallest absolute Gasteiger partial charge is 0.139 e. The Kier molecular flexibility index (Phi) is 6.33. The number of unbranched alkanes of at least 4 members (excludes halogenated alkanes) is 1. The van der Waals surface area contributed by atoms with Crippen molar-refractivity contribution in [2.75, 3.05) is 32.2 Å². The molecule has 0 atom stereocenters. The summed E-state index contributed by atoms with van der Waals surface area (Å²) in [5, 5.41) is 3.01. The van der Waals surface area contributed by atoms with Crippen LogP contribution in [0.15, 0.2) is 18.5 Å². The lowest BCUT2D eigenvalue weighted by atomic mass is 10.4. The Labute approximate surface area is 97.0 Å². The predicted molar refractivity (Wildman–Crippen MR) is 65.0 cm³/mol. The molecular formula is C12H20N2O2. The fourth-order valence-corrected chi connectivity index (χ4v) is 1.20. The SMILES string of the molecule is CCCCOCCOc1cncc(NC)c1. The molecule has 0 aliphatic heterocycles. The van der Waals surface area contributed by atoms with Crippen LogP contribution in [0.5, 0.6) is 5.75 Å². The summed E-state index contributed by atoms with van der Waals surface area (Å²) in [5.74, 6) is 0.769. The van der Waals surface area contributed by atoms with Gasteiger partial charge in [0.05, 0.1) is 24.7 Å². The number of nitrogens with one attached hydrogen (secondary N) is 1. The van der Waals surface area contributed by atoms with Gasteiger partial charge in [-0.15, -0.1) is 0 Å². The minimum absolute atomic E-state index is 0.568. The summed E-state index contributed by atoms with van der Waals surface area (Å²) in [6, 6.07) is 1.92. The zero-order chi connectivity index (χ0) is 11.6. The van der Waals surface area contributed by atoms with Gasteiger partial charge in [-0.2, -0.15) is 0 Å². The van der Waals surface area contributed by atoms with E-state index >= 15 is 0 Å². The molecule has 1 N–H and O–H groups in total. The van der Waals surface area contributed by atoms with Gasteiger partial charge < -0.3 is 14.8 Å². The molecule has 0 saturated heterocycles. The van der Waals surface area contributed by atoms with Gasteiger partial charge in [0, 0.05) is 19.7 Å². The highest BCUT2D eigenvalue weighted by Gasteiger charge is 1.96. The van der Waals surface area contributed by atoms with Crippen molar-refractivity contribution in [2.24, 2.45) is 0 Å². The van der Waals surface area contributed by atoms with Gasteiger partial charge >= 0.3 is 0 Å². The maximum Gasteiger partial charge on any atom is 0.139 e. The zero-order valence-corrected chi connectivity index (χ0v) is 10.0. The van der Waals surface area contributed by atoms with E-state index in [0.29, 0.717) is 13.2 Å². The Morgan fingerprint density at radius 3 is 2.88 bits per heavy atom. The van der Waals surface area contributed by atoms with Gasteiger partial charge in [0.2, 0.25) is 0 Å². The molecule has 0 aliphatic rings. The van der Waals surface area contributed by atoms with Crippen molar-refractivity contribution < 1.29 is 9.47 Å². The molecule has 0 spiro atoms. The molecule has 16 heavy (non-hydrogen) atoms. The second-order valence-corrected chi connectivity index (χ2v) is 3.47. The Hall–Kier alpha value is -1.29. The average molecular weight is 224 g/mol. The molecule has 0 fully saturated rings. The van der Waals surface area contributed by atoms with Crippen LogP contribution in [-0.2, 0) is 4.74 Å². The van der Waals surface area contributed by atoms with Crippen LogP contribution in [0, 0.1) is 0 Å². The third-order valence-corrected chi connectivity index (χ3v) is 2.14. The van der Waals surface area contributed by atoms with Crippen LogP contribution in [0.25, 0.3) is 0 Å². The van der Waals surface area contributed by atoms with E-state index in [-0.39, 0.29) is 0 Å². The van der Waals surface area contributed by atoms with Crippen LogP contribution in [0.1, 0.15) is 19.8 Å². The highest BCUT2D eigenvalue weighted by molar-refractivity contribution is 5.44. The molecular weight excluding hydrogens is 204 g/mol. The Balaban J connectivity index is 2.16. The molecule has 0 aliphatic carbocycles. The second kappa shape index (κ2) is 7.93. The zero-order valence-electron chi connectivity index (χ0n) is 10.0. The van der Waals surface area contributed by atoms with Gasteiger partial charge in [-0.25, -0.2) is 0 Å². The molecule has 0 radical (unpaired) electrons. The van der Waals surface area contributed by atoms with E-state index in [1.807, 2.05) is 13.1 Å². The number of anilines is 1. The molecule has 1 heterocycles. The minimum atomic E-state index is 0.568. The number of hydrogen-bond acceptors (Lipinski definition) is 4. The monoisotopic (exact) mass is 224 g/mol. The summed E-state index contributed by atoms with van der Waals surface area (Å²) < 4.78 is 10.9. The van der Waals surface area contributed by atoms with Crippen molar-refractivity contribution in [3.8, 4) is 5.75 Å². The summed E-state index contributed by atoms with van der Waals surface area (Å²) in [7, 11) is 1.86. The van der Waals surface area contributed by atoms with E-state index in [2.05, 4.69) is 17.2 Å². The molecule has 0 bridgehead atoms. The fraction of sp³-hybridized carbons (Fsp3) is 0.583. The molecule has 1 aromatic rings. The number of aromatic nitrogens is 1. The number of hydrogen-bond donors (Lipinski definition) is 1. The van der Waals surface area contributed by atoms with Crippen molar-refractivity contribution in [1.29, 1.82) is 0 Å². The standard InChI is InChI=1S/C12H20N2O2/c1-3-4-5-15-6-7-16-12-8-11(13-2)9-14-10-12/h8-10,13H,3-7H2,1-2H3. The summed E-state index contributed by atoms with van der Waals surface area (Å²) >= 11 is 0. The maximum absolute atomic E-state index is 5.50. The fourth-order valence-electron chi connectivity index (χ4n) is 1.20. The van der Waals surface area contributed by atoms with Gasteiger partial charge in [0.25, 0.3) is 0 Å². The third kappa shape index (κ3) is 4.98. The Bertz CT molecular complexity index is 292. The van der Waals surface area contributed by atoms with Gasteiger partial charge in [-0.05, 0) is 6.42 Å². The topological polar surface area (TPSA) is 43.4 Å². The summed E-state index contributed by atoms with van der Waals surface area (Å²) in [4.78, 5) is 4.06. The van der Waals surface area contributed by atoms with Gasteiger partial charge in [0.15, 0.2) is 0 Å². The van der Waals surface area contributed by atoms with Crippen molar-refractivity contribution in [3.63, 3.8) is 0 Å². The van der Waals surface area contributed by atoms with E-state index in [1.54, 1.807) is 12.4 Å². The largest absolute Gasteiger partial charge is 0.489 e. The van der Waals surface area contributed by atoms with E-state index in [1.165, 1.54) is 0 Å². The minimum Gasteiger partial charge on any atom is -0.489 e. The van der Waals surface area contributed by atoms with Crippen molar-refractivity contribution >= 4 is 5.69 Å². The van der Waals surface area contributed by atoms with E-state index < -0.39 is 0 Å². The van der Waals surface area contributed by atoms with Crippen LogP contribution in [0.4, 0.5) is 5.69 Å². The highest BCUT2D eigenvalue weighted by atomic mass is 16.5. The first-order valence-electron chi connectivity index (χ1n) is 5.70. The second-order valence-electron chi connectivity index (χ2n) is 3.47. The van der Waals surface area contributed by atoms with Gasteiger partial charge in [-0.3, -0.25) is 4.98 Å². The van der Waals surface area contributed by atoms with Crippen LogP contribution in [0.2, 0.25) is 0 Å². The lowest BCUT2D eigenvalue weighted by Gasteiger charge is -2.07. The quantitative estimate of drug-likeness (QED) is 0.688. The number of nitrogens with zero attached hydrogens (tertiary/aromatic N) is 1. The number of rotatable bonds is 8. The first kappa shape index (κ1) is 12.8. The van der Waals surface area contributed by atoms with Gasteiger partial charge in [0.1, 0.15) is 12.4 Å². The molecule has 4 nitrogen and oxygen atoms in total. The van der Waals surface area contributed by atoms with E-state index in [4.69, 9.17) is 9.47 Å². The van der Waals surface area contributed by atoms with E-state index in [0.717, 1.165) is 30.9 Å². The summed E-state index contributed by atoms with van der Waals surface area (Å²) in [6.45, 7) is 4.16.